The molecule has 1 aliphatic rings. The van der Waals surface area contributed by atoms with Gasteiger partial charge in [0.15, 0.2) is 0 Å². The molecule has 0 aliphatic carbocycles. The first-order valence-corrected chi connectivity index (χ1v) is 5.84. The molecule has 0 aromatic heterocycles. The van der Waals surface area contributed by atoms with Crippen molar-refractivity contribution in [3.05, 3.63) is 29.0 Å². The molecule has 1 heterocycles. The number of benzene rings is 1. The minimum Gasteiger partial charge on any atom is -0.312 e. The molecule has 1 fully saturated rings. The number of alkyl halides is 1. The highest BCUT2D eigenvalue weighted by Crippen LogP contribution is 2.28. The van der Waals surface area contributed by atoms with Crippen molar-refractivity contribution in [1.82, 2.24) is 0 Å². The Bertz CT molecular complexity index is 424. The molecule has 1 aromatic rings. The van der Waals surface area contributed by atoms with Crippen molar-refractivity contribution in [3.8, 4) is 0 Å². The highest BCUT2D eigenvalue weighted by molar-refractivity contribution is 6.31. The number of carbonyl (C=O) groups excluding carboxylic acids is 1. The second kappa shape index (κ2) is 4.60. The van der Waals surface area contributed by atoms with E-state index in [1.807, 2.05) is 0 Å². The summed E-state index contributed by atoms with van der Waals surface area (Å²) in [6.45, 7) is 0.574. The van der Waals surface area contributed by atoms with E-state index in [0.717, 1.165) is 0 Å². The van der Waals surface area contributed by atoms with E-state index in [4.69, 9.17) is 23.2 Å². The van der Waals surface area contributed by atoms with Gasteiger partial charge in [-0.05, 0) is 24.1 Å². The smallest absolute Gasteiger partial charge is 0.227 e. The number of anilines is 1. The average molecular weight is 262 g/mol. The van der Waals surface area contributed by atoms with E-state index in [1.165, 1.54) is 12.1 Å². The SMILES string of the molecule is O=C1CC(CCl)CN1c1ccc(F)c(Cl)c1. The Labute approximate surface area is 103 Å². The fraction of sp³-hybridized carbons (Fsp3) is 0.364. The van der Waals surface area contributed by atoms with Crippen LogP contribution in [0.3, 0.4) is 0 Å². The molecule has 0 radical (unpaired) electrons. The van der Waals surface area contributed by atoms with Crippen LogP contribution in [0, 0.1) is 11.7 Å². The van der Waals surface area contributed by atoms with Gasteiger partial charge < -0.3 is 4.90 Å². The van der Waals surface area contributed by atoms with Gasteiger partial charge in [-0.2, -0.15) is 0 Å². The van der Waals surface area contributed by atoms with Gasteiger partial charge in [-0.3, -0.25) is 4.79 Å². The topological polar surface area (TPSA) is 20.3 Å². The molecule has 16 heavy (non-hydrogen) atoms. The van der Waals surface area contributed by atoms with Gasteiger partial charge in [0.2, 0.25) is 5.91 Å². The van der Waals surface area contributed by atoms with Crippen LogP contribution in [-0.2, 0) is 4.79 Å². The van der Waals surface area contributed by atoms with Crippen LogP contribution in [0.2, 0.25) is 5.02 Å². The van der Waals surface area contributed by atoms with E-state index in [9.17, 15) is 9.18 Å². The quantitative estimate of drug-likeness (QED) is 0.750. The molecule has 86 valence electrons. The van der Waals surface area contributed by atoms with Crippen LogP contribution in [0.4, 0.5) is 10.1 Å². The molecule has 1 amide bonds. The summed E-state index contributed by atoms with van der Waals surface area (Å²) in [7, 11) is 0. The lowest BCUT2D eigenvalue weighted by molar-refractivity contribution is -0.117. The highest BCUT2D eigenvalue weighted by atomic mass is 35.5. The Morgan fingerprint density at radius 1 is 1.50 bits per heavy atom. The molecule has 1 unspecified atom stereocenters. The number of amides is 1. The van der Waals surface area contributed by atoms with E-state index in [-0.39, 0.29) is 16.8 Å². The predicted octanol–water partition coefficient (Wildman–Crippen LogP) is 3.07. The minimum atomic E-state index is -0.481. The number of hydrogen-bond donors (Lipinski definition) is 0. The van der Waals surface area contributed by atoms with E-state index in [2.05, 4.69) is 0 Å². The largest absolute Gasteiger partial charge is 0.312 e. The summed E-state index contributed by atoms with van der Waals surface area (Å²) in [5.41, 5.74) is 0.629. The maximum absolute atomic E-state index is 13.0. The summed E-state index contributed by atoms with van der Waals surface area (Å²) < 4.78 is 13.0. The summed E-state index contributed by atoms with van der Waals surface area (Å²) in [6.07, 6.45) is 0.443. The van der Waals surface area contributed by atoms with Gasteiger partial charge in [-0.1, -0.05) is 11.6 Å². The fourth-order valence-corrected chi connectivity index (χ4v) is 2.17. The van der Waals surface area contributed by atoms with Gasteiger partial charge >= 0.3 is 0 Å². The van der Waals surface area contributed by atoms with Crippen LogP contribution in [-0.4, -0.2) is 18.3 Å². The van der Waals surface area contributed by atoms with Gasteiger partial charge in [-0.15, -0.1) is 11.6 Å². The Hall–Kier alpha value is -0.800. The summed E-state index contributed by atoms with van der Waals surface area (Å²) >= 11 is 11.4. The molecular weight excluding hydrogens is 252 g/mol. The number of nitrogens with zero attached hydrogens (tertiary/aromatic N) is 1. The first-order chi connectivity index (χ1) is 7.61. The molecule has 0 saturated carbocycles. The van der Waals surface area contributed by atoms with Crippen molar-refractivity contribution in [2.75, 3.05) is 17.3 Å². The molecule has 1 aromatic carbocycles. The third-order valence-corrected chi connectivity index (χ3v) is 3.36. The summed E-state index contributed by atoms with van der Waals surface area (Å²) in [4.78, 5) is 13.3. The second-order valence-corrected chi connectivity index (χ2v) is 4.54. The molecule has 0 bridgehead atoms. The molecule has 1 atom stereocenters. The molecule has 1 aliphatic heterocycles. The summed E-state index contributed by atoms with van der Waals surface area (Å²) in [5.74, 6) is 0.147. The minimum absolute atomic E-state index is 0.00771. The van der Waals surface area contributed by atoms with Crippen LogP contribution in [0.5, 0.6) is 0 Å². The molecular formula is C11H10Cl2FNO. The van der Waals surface area contributed by atoms with E-state index >= 15 is 0 Å². The van der Waals surface area contributed by atoms with Gasteiger partial charge in [0.05, 0.1) is 5.02 Å². The zero-order valence-electron chi connectivity index (χ0n) is 8.42. The fourth-order valence-electron chi connectivity index (χ4n) is 1.79. The normalized spacial score (nSPS) is 20.6. The van der Waals surface area contributed by atoms with Gasteiger partial charge in [-0.25, -0.2) is 4.39 Å². The Morgan fingerprint density at radius 2 is 2.25 bits per heavy atom. The van der Waals surface area contributed by atoms with E-state index in [0.29, 0.717) is 24.5 Å². The van der Waals surface area contributed by atoms with Crippen LogP contribution in [0.15, 0.2) is 18.2 Å². The van der Waals surface area contributed by atoms with Crippen LogP contribution >= 0.6 is 23.2 Å². The second-order valence-electron chi connectivity index (χ2n) is 3.83. The van der Waals surface area contributed by atoms with Crippen LogP contribution < -0.4 is 4.90 Å². The average Bonchev–Trinajstić information content (AvgIpc) is 2.64. The molecule has 5 heteroatoms. The highest BCUT2D eigenvalue weighted by Gasteiger charge is 2.30. The van der Waals surface area contributed by atoms with Crippen molar-refractivity contribution in [1.29, 1.82) is 0 Å². The van der Waals surface area contributed by atoms with Crippen LogP contribution in [0.25, 0.3) is 0 Å². The van der Waals surface area contributed by atoms with Crippen molar-refractivity contribution >= 4 is 34.8 Å². The van der Waals surface area contributed by atoms with Crippen LogP contribution in [0.1, 0.15) is 6.42 Å². The van der Waals surface area contributed by atoms with E-state index < -0.39 is 5.82 Å². The lowest BCUT2D eigenvalue weighted by Crippen LogP contribution is -2.24. The van der Waals surface area contributed by atoms with Gasteiger partial charge in [0, 0.05) is 24.5 Å². The summed E-state index contributed by atoms with van der Waals surface area (Å²) in [5, 5.41) is 0.0274. The number of carbonyl (C=O) groups is 1. The first-order valence-electron chi connectivity index (χ1n) is 4.93. The molecule has 2 nitrogen and oxygen atoms in total. The predicted molar refractivity (Wildman–Crippen MR) is 62.6 cm³/mol. The Balaban J connectivity index is 2.24. The Kier molecular flexibility index (Phi) is 3.36. The molecule has 2 rings (SSSR count). The molecule has 1 saturated heterocycles. The van der Waals surface area contributed by atoms with Crippen molar-refractivity contribution < 1.29 is 9.18 Å². The maximum atomic E-state index is 13.0. The molecule has 0 spiro atoms. The van der Waals surface area contributed by atoms with Gasteiger partial charge in [0.25, 0.3) is 0 Å². The number of hydrogen-bond acceptors (Lipinski definition) is 1. The van der Waals surface area contributed by atoms with E-state index in [1.54, 1.807) is 11.0 Å². The van der Waals surface area contributed by atoms with Crippen molar-refractivity contribution in [2.24, 2.45) is 5.92 Å². The maximum Gasteiger partial charge on any atom is 0.227 e. The Morgan fingerprint density at radius 3 is 2.81 bits per heavy atom. The van der Waals surface area contributed by atoms with Crippen molar-refractivity contribution in [2.45, 2.75) is 6.42 Å². The third kappa shape index (κ3) is 2.15. The van der Waals surface area contributed by atoms with Gasteiger partial charge in [0.1, 0.15) is 5.82 Å². The summed E-state index contributed by atoms with van der Waals surface area (Å²) in [6, 6.07) is 4.28. The molecule has 0 N–H and O–H groups in total. The first kappa shape index (κ1) is 11.7. The zero-order chi connectivity index (χ0) is 11.7. The number of halogens is 3. The lowest BCUT2D eigenvalue weighted by Gasteiger charge is -2.16. The zero-order valence-corrected chi connectivity index (χ0v) is 9.93. The lowest BCUT2D eigenvalue weighted by atomic mass is 10.1. The third-order valence-electron chi connectivity index (χ3n) is 2.64. The van der Waals surface area contributed by atoms with Crippen molar-refractivity contribution in [3.63, 3.8) is 0 Å². The monoisotopic (exact) mass is 261 g/mol. The number of rotatable bonds is 2. The standard InChI is InChI=1S/C11H10Cl2FNO/c12-5-7-3-11(16)15(6-7)8-1-2-10(14)9(13)4-8/h1-2,4,7H,3,5-6H2.